The van der Waals surface area contributed by atoms with Crippen molar-refractivity contribution >= 4 is 17.2 Å². The van der Waals surface area contributed by atoms with Crippen LogP contribution in [0.2, 0.25) is 0 Å². The highest BCUT2D eigenvalue weighted by atomic mass is 32.1. The van der Waals surface area contributed by atoms with Gasteiger partial charge in [-0.1, -0.05) is 6.92 Å². The standard InChI is InChI=1S/C12H19N3OS/c1-8-3-5-15(6-4-8)12(16)11-9(2)14-10(7-13)17-11/h8H,3-7,13H2,1-2H3. The first-order chi connectivity index (χ1) is 8.11. The molecule has 1 fully saturated rings. The van der Waals surface area contributed by atoms with Crippen LogP contribution in [0.5, 0.6) is 0 Å². The summed E-state index contributed by atoms with van der Waals surface area (Å²) in [6, 6.07) is 0. The van der Waals surface area contributed by atoms with Gasteiger partial charge in [0, 0.05) is 19.6 Å². The number of aromatic nitrogens is 1. The Morgan fingerprint density at radius 1 is 1.53 bits per heavy atom. The predicted molar refractivity (Wildman–Crippen MR) is 69.0 cm³/mol. The molecule has 1 aliphatic heterocycles. The molecule has 2 rings (SSSR count). The van der Waals surface area contributed by atoms with Crippen molar-refractivity contribution in [2.75, 3.05) is 13.1 Å². The number of rotatable bonds is 2. The van der Waals surface area contributed by atoms with Gasteiger partial charge in [-0.05, 0) is 25.7 Å². The minimum Gasteiger partial charge on any atom is -0.338 e. The highest BCUT2D eigenvalue weighted by molar-refractivity contribution is 7.13. The van der Waals surface area contributed by atoms with E-state index in [1.165, 1.54) is 11.3 Å². The molecule has 4 nitrogen and oxygen atoms in total. The molecular formula is C12H19N3OS. The van der Waals surface area contributed by atoms with Crippen LogP contribution in [-0.2, 0) is 6.54 Å². The minimum absolute atomic E-state index is 0.131. The van der Waals surface area contributed by atoms with E-state index in [0.29, 0.717) is 6.54 Å². The number of hydrogen-bond donors (Lipinski definition) is 1. The Balaban J connectivity index is 2.11. The molecule has 0 radical (unpaired) electrons. The normalized spacial score (nSPS) is 17.5. The number of likely N-dealkylation sites (tertiary alicyclic amines) is 1. The number of nitrogens with zero attached hydrogens (tertiary/aromatic N) is 2. The van der Waals surface area contributed by atoms with Crippen LogP contribution in [0.1, 0.15) is 40.1 Å². The molecule has 0 aromatic carbocycles. The topological polar surface area (TPSA) is 59.2 Å². The first kappa shape index (κ1) is 12.5. The average molecular weight is 253 g/mol. The van der Waals surface area contributed by atoms with Crippen LogP contribution in [0.4, 0.5) is 0 Å². The zero-order chi connectivity index (χ0) is 12.4. The van der Waals surface area contributed by atoms with Crippen molar-refractivity contribution in [3.63, 3.8) is 0 Å². The van der Waals surface area contributed by atoms with E-state index in [2.05, 4.69) is 11.9 Å². The van der Waals surface area contributed by atoms with Gasteiger partial charge < -0.3 is 10.6 Å². The van der Waals surface area contributed by atoms with Gasteiger partial charge in [-0.2, -0.15) is 0 Å². The van der Waals surface area contributed by atoms with Crippen LogP contribution in [0.3, 0.4) is 0 Å². The summed E-state index contributed by atoms with van der Waals surface area (Å²) >= 11 is 1.43. The average Bonchev–Trinajstić information content (AvgIpc) is 2.71. The Hall–Kier alpha value is -0.940. The van der Waals surface area contributed by atoms with Gasteiger partial charge in [-0.3, -0.25) is 4.79 Å². The molecule has 1 aromatic rings. The van der Waals surface area contributed by atoms with Gasteiger partial charge >= 0.3 is 0 Å². The number of piperidine rings is 1. The second kappa shape index (κ2) is 5.14. The van der Waals surface area contributed by atoms with Gasteiger partial charge in [0.1, 0.15) is 9.88 Å². The lowest BCUT2D eigenvalue weighted by atomic mass is 9.99. The molecule has 0 aliphatic carbocycles. The van der Waals surface area contributed by atoms with E-state index in [0.717, 1.165) is 47.4 Å². The number of nitrogens with two attached hydrogens (primary N) is 1. The first-order valence-corrected chi connectivity index (χ1v) is 6.89. The van der Waals surface area contributed by atoms with Crippen LogP contribution in [-0.4, -0.2) is 28.9 Å². The Labute approximate surface area is 106 Å². The fourth-order valence-corrected chi connectivity index (χ4v) is 3.00. The van der Waals surface area contributed by atoms with Crippen molar-refractivity contribution in [2.45, 2.75) is 33.2 Å². The second-order valence-corrected chi connectivity index (χ2v) is 5.78. The van der Waals surface area contributed by atoms with Crippen LogP contribution >= 0.6 is 11.3 Å². The van der Waals surface area contributed by atoms with E-state index in [4.69, 9.17) is 5.73 Å². The molecule has 1 saturated heterocycles. The molecule has 0 unspecified atom stereocenters. The number of aryl methyl sites for hydroxylation is 1. The lowest BCUT2D eigenvalue weighted by Crippen LogP contribution is -2.37. The van der Waals surface area contributed by atoms with Gasteiger partial charge in [-0.15, -0.1) is 11.3 Å². The summed E-state index contributed by atoms with van der Waals surface area (Å²) in [6.45, 7) is 6.28. The molecule has 2 N–H and O–H groups in total. The molecule has 17 heavy (non-hydrogen) atoms. The Morgan fingerprint density at radius 2 is 2.18 bits per heavy atom. The molecule has 1 aliphatic rings. The van der Waals surface area contributed by atoms with Crippen LogP contribution in [0.25, 0.3) is 0 Å². The SMILES string of the molecule is Cc1nc(CN)sc1C(=O)N1CCC(C)CC1. The summed E-state index contributed by atoms with van der Waals surface area (Å²) in [5.41, 5.74) is 6.37. The number of hydrogen-bond acceptors (Lipinski definition) is 4. The smallest absolute Gasteiger partial charge is 0.265 e. The summed E-state index contributed by atoms with van der Waals surface area (Å²) in [6.07, 6.45) is 2.21. The van der Waals surface area contributed by atoms with Crippen molar-refractivity contribution in [3.05, 3.63) is 15.6 Å². The van der Waals surface area contributed by atoms with Crippen molar-refractivity contribution in [3.8, 4) is 0 Å². The van der Waals surface area contributed by atoms with Crippen LogP contribution < -0.4 is 5.73 Å². The maximum atomic E-state index is 12.3. The van der Waals surface area contributed by atoms with E-state index in [-0.39, 0.29) is 5.91 Å². The summed E-state index contributed by atoms with van der Waals surface area (Å²) in [5, 5.41) is 0.844. The first-order valence-electron chi connectivity index (χ1n) is 6.07. The monoisotopic (exact) mass is 253 g/mol. The lowest BCUT2D eigenvalue weighted by Gasteiger charge is -2.30. The quantitative estimate of drug-likeness (QED) is 0.874. The molecule has 0 atom stereocenters. The van der Waals surface area contributed by atoms with Crippen molar-refractivity contribution < 1.29 is 4.79 Å². The molecular weight excluding hydrogens is 234 g/mol. The van der Waals surface area contributed by atoms with E-state index in [9.17, 15) is 4.79 Å². The van der Waals surface area contributed by atoms with E-state index in [1.54, 1.807) is 0 Å². The van der Waals surface area contributed by atoms with Gasteiger partial charge in [0.2, 0.25) is 0 Å². The molecule has 5 heteroatoms. The van der Waals surface area contributed by atoms with Crippen molar-refractivity contribution in [2.24, 2.45) is 11.7 Å². The third-order valence-electron chi connectivity index (χ3n) is 3.28. The zero-order valence-electron chi connectivity index (χ0n) is 10.4. The molecule has 0 spiro atoms. The molecule has 94 valence electrons. The third-order valence-corrected chi connectivity index (χ3v) is 4.45. The molecule has 0 bridgehead atoms. The highest BCUT2D eigenvalue weighted by Crippen LogP contribution is 2.23. The lowest BCUT2D eigenvalue weighted by molar-refractivity contribution is 0.0701. The molecule has 1 aromatic heterocycles. The zero-order valence-corrected chi connectivity index (χ0v) is 11.2. The van der Waals surface area contributed by atoms with E-state index in [1.807, 2.05) is 11.8 Å². The number of carbonyl (C=O) groups excluding carboxylic acids is 1. The third kappa shape index (κ3) is 2.66. The maximum absolute atomic E-state index is 12.3. The van der Waals surface area contributed by atoms with Gasteiger partial charge in [0.15, 0.2) is 0 Å². The fraction of sp³-hybridized carbons (Fsp3) is 0.667. The molecule has 2 heterocycles. The molecule has 1 amide bonds. The highest BCUT2D eigenvalue weighted by Gasteiger charge is 2.24. The van der Waals surface area contributed by atoms with Gasteiger partial charge in [-0.25, -0.2) is 4.98 Å². The number of thiazole rings is 1. The Kier molecular flexibility index (Phi) is 3.79. The fourth-order valence-electron chi connectivity index (χ4n) is 2.09. The minimum atomic E-state index is 0.131. The summed E-state index contributed by atoms with van der Waals surface area (Å²) in [4.78, 5) is 19.3. The van der Waals surface area contributed by atoms with Crippen molar-refractivity contribution in [1.29, 1.82) is 0 Å². The summed E-state index contributed by atoms with van der Waals surface area (Å²) in [7, 11) is 0. The Bertz CT molecular complexity index is 408. The Morgan fingerprint density at radius 3 is 2.71 bits per heavy atom. The summed E-state index contributed by atoms with van der Waals surface area (Å²) in [5.74, 6) is 0.868. The largest absolute Gasteiger partial charge is 0.338 e. The van der Waals surface area contributed by atoms with Crippen LogP contribution in [0.15, 0.2) is 0 Å². The van der Waals surface area contributed by atoms with Crippen molar-refractivity contribution in [1.82, 2.24) is 9.88 Å². The second-order valence-electron chi connectivity index (χ2n) is 4.70. The van der Waals surface area contributed by atoms with E-state index < -0.39 is 0 Å². The summed E-state index contributed by atoms with van der Waals surface area (Å²) < 4.78 is 0. The van der Waals surface area contributed by atoms with E-state index >= 15 is 0 Å². The van der Waals surface area contributed by atoms with Gasteiger partial charge in [0.25, 0.3) is 5.91 Å². The van der Waals surface area contributed by atoms with Gasteiger partial charge in [0.05, 0.1) is 5.69 Å². The number of carbonyl (C=O) groups is 1. The maximum Gasteiger partial charge on any atom is 0.265 e. The number of amides is 1. The van der Waals surface area contributed by atoms with Crippen LogP contribution in [0, 0.1) is 12.8 Å². The molecule has 0 saturated carbocycles. The predicted octanol–water partition coefficient (Wildman–Crippen LogP) is 1.78.